The maximum absolute atomic E-state index is 5.28. The molecular formula is C33H22N2. The molecule has 0 spiro atoms. The van der Waals surface area contributed by atoms with Crippen LogP contribution in [-0.2, 0) is 0 Å². The van der Waals surface area contributed by atoms with Crippen LogP contribution < -0.4 is 0 Å². The number of nitrogens with zero attached hydrogens (tertiary/aromatic N) is 2. The van der Waals surface area contributed by atoms with Gasteiger partial charge in [-0.3, -0.25) is 0 Å². The first-order valence-electron chi connectivity index (χ1n) is 11.9. The van der Waals surface area contributed by atoms with Gasteiger partial charge in [-0.15, -0.1) is 0 Å². The second-order valence-corrected chi connectivity index (χ2v) is 8.89. The summed E-state index contributed by atoms with van der Waals surface area (Å²) in [6.45, 7) is 0. The summed E-state index contributed by atoms with van der Waals surface area (Å²) in [7, 11) is 0. The topological polar surface area (TPSA) is 17.3 Å². The zero-order chi connectivity index (χ0) is 23.2. The molecule has 0 saturated heterocycles. The normalized spacial score (nSPS) is 11.4. The Bertz CT molecular complexity index is 1830. The number of hydrogen-bond acceptors (Lipinski definition) is 1. The maximum atomic E-state index is 5.28. The maximum Gasteiger partial charge on any atom is 0.101 e. The van der Waals surface area contributed by atoms with Crippen molar-refractivity contribution in [2.75, 3.05) is 0 Å². The first-order valence-corrected chi connectivity index (χ1v) is 11.9. The van der Waals surface area contributed by atoms with E-state index in [0.29, 0.717) is 0 Å². The molecule has 2 nitrogen and oxygen atoms in total. The first kappa shape index (κ1) is 19.7. The molecule has 0 atom stereocenters. The molecule has 7 rings (SSSR count). The highest BCUT2D eigenvalue weighted by molar-refractivity contribution is 6.08. The van der Waals surface area contributed by atoms with E-state index >= 15 is 0 Å². The van der Waals surface area contributed by atoms with Gasteiger partial charge in [-0.05, 0) is 33.9 Å². The van der Waals surface area contributed by atoms with E-state index in [9.17, 15) is 0 Å². The lowest BCUT2D eigenvalue weighted by Gasteiger charge is -2.11. The molecule has 0 radical (unpaired) electrons. The number of aromatic nitrogens is 2. The van der Waals surface area contributed by atoms with E-state index in [0.717, 1.165) is 33.6 Å². The van der Waals surface area contributed by atoms with Gasteiger partial charge in [0.15, 0.2) is 0 Å². The molecule has 0 aliphatic rings. The van der Waals surface area contributed by atoms with E-state index in [1.54, 1.807) is 0 Å². The van der Waals surface area contributed by atoms with Crippen molar-refractivity contribution in [3.8, 4) is 33.6 Å². The Morgan fingerprint density at radius 3 is 1.86 bits per heavy atom. The van der Waals surface area contributed by atoms with Crippen LogP contribution in [0.25, 0.3) is 60.7 Å². The Kier molecular flexibility index (Phi) is 4.49. The number of rotatable bonds is 3. The van der Waals surface area contributed by atoms with Crippen molar-refractivity contribution < 1.29 is 0 Å². The standard InChI is InChI=1S/C33H22N2/c1-3-12-24(13-4-1)31-32(25-14-5-2-6-15-25)34-35-30(22-27-17-9-10-18-29(27)33(31)35)28-20-19-23-11-7-8-16-26(23)21-28/h1-22H. The molecule has 164 valence electrons. The minimum absolute atomic E-state index is 0.996. The molecule has 2 aromatic heterocycles. The van der Waals surface area contributed by atoms with Crippen molar-refractivity contribution in [2.24, 2.45) is 0 Å². The molecule has 35 heavy (non-hydrogen) atoms. The van der Waals surface area contributed by atoms with E-state index in [2.05, 4.69) is 138 Å². The Balaban J connectivity index is 1.64. The van der Waals surface area contributed by atoms with E-state index < -0.39 is 0 Å². The molecular weight excluding hydrogens is 424 g/mol. The van der Waals surface area contributed by atoms with Crippen molar-refractivity contribution >= 4 is 27.1 Å². The minimum atomic E-state index is 0.996. The largest absolute Gasteiger partial charge is 0.231 e. The zero-order valence-electron chi connectivity index (χ0n) is 19.1. The van der Waals surface area contributed by atoms with Crippen molar-refractivity contribution in [2.45, 2.75) is 0 Å². The highest BCUT2D eigenvalue weighted by Gasteiger charge is 2.21. The predicted octanol–water partition coefficient (Wildman–Crippen LogP) is 8.64. The van der Waals surface area contributed by atoms with Crippen LogP contribution >= 0.6 is 0 Å². The number of fused-ring (bicyclic) bond motifs is 4. The van der Waals surface area contributed by atoms with Gasteiger partial charge in [0.25, 0.3) is 0 Å². The van der Waals surface area contributed by atoms with Gasteiger partial charge in [0, 0.05) is 22.1 Å². The minimum Gasteiger partial charge on any atom is -0.231 e. The molecule has 0 fully saturated rings. The SMILES string of the molecule is c1ccc(-c2nn3c(-c4ccc5ccccc5c4)cc4ccccc4c3c2-c2ccccc2)cc1. The van der Waals surface area contributed by atoms with E-state index in [1.807, 2.05) is 0 Å². The molecule has 7 aromatic rings. The fraction of sp³-hybridized carbons (Fsp3) is 0. The summed E-state index contributed by atoms with van der Waals surface area (Å²) < 4.78 is 2.15. The van der Waals surface area contributed by atoms with Gasteiger partial charge in [0.2, 0.25) is 0 Å². The van der Waals surface area contributed by atoms with Crippen molar-refractivity contribution in [1.82, 2.24) is 9.61 Å². The predicted molar refractivity (Wildman–Crippen MR) is 147 cm³/mol. The Hall–Kier alpha value is -4.69. The average Bonchev–Trinajstić information content (AvgIpc) is 3.34. The first-order chi connectivity index (χ1) is 17.4. The summed E-state index contributed by atoms with van der Waals surface area (Å²) in [6.07, 6.45) is 0. The zero-order valence-corrected chi connectivity index (χ0v) is 19.1. The van der Waals surface area contributed by atoms with Gasteiger partial charge in [-0.2, -0.15) is 5.10 Å². The van der Waals surface area contributed by atoms with Crippen LogP contribution in [0, 0.1) is 0 Å². The van der Waals surface area contributed by atoms with Crippen LogP contribution in [0.2, 0.25) is 0 Å². The lowest BCUT2D eigenvalue weighted by atomic mass is 9.96. The van der Waals surface area contributed by atoms with E-state index in [1.165, 1.54) is 27.1 Å². The van der Waals surface area contributed by atoms with Gasteiger partial charge in [0.05, 0.1) is 11.2 Å². The highest BCUT2D eigenvalue weighted by atomic mass is 15.2. The number of hydrogen-bond donors (Lipinski definition) is 0. The third kappa shape index (κ3) is 3.23. The van der Waals surface area contributed by atoms with Gasteiger partial charge in [-0.25, -0.2) is 4.52 Å². The lowest BCUT2D eigenvalue weighted by molar-refractivity contribution is 0.980. The van der Waals surface area contributed by atoms with Crippen LogP contribution in [-0.4, -0.2) is 9.61 Å². The smallest absolute Gasteiger partial charge is 0.101 e. The van der Waals surface area contributed by atoms with Crippen molar-refractivity contribution in [3.63, 3.8) is 0 Å². The number of benzene rings is 5. The molecule has 0 aliphatic heterocycles. The summed E-state index contributed by atoms with van der Waals surface area (Å²) in [5.41, 5.74) is 7.82. The third-order valence-electron chi connectivity index (χ3n) is 6.78. The number of pyridine rings is 1. The van der Waals surface area contributed by atoms with Crippen LogP contribution in [0.3, 0.4) is 0 Å². The Labute approximate surface area is 203 Å². The second-order valence-electron chi connectivity index (χ2n) is 8.89. The molecule has 5 aromatic carbocycles. The molecule has 0 amide bonds. The molecule has 0 saturated carbocycles. The van der Waals surface area contributed by atoms with Gasteiger partial charge in [-0.1, -0.05) is 121 Å². The summed E-state index contributed by atoms with van der Waals surface area (Å²) in [4.78, 5) is 0. The quantitative estimate of drug-likeness (QED) is 0.265. The lowest BCUT2D eigenvalue weighted by Crippen LogP contribution is -1.96. The summed E-state index contributed by atoms with van der Waals surface area (Å²) in [5.74, 6) is 0. The van der Waals surface area contributed by atoms with E-state index in [4.69, 9.17) is 5.10 Å². The Morgan fingerprint density at radius 2 is 1.09 bits per heavy atom. The van der Waals surface area contributed by atoms with E-state index in [-0.39, 0.29) is 0 Å². The summed E-state index contributed by atoms with van der Waals surface area (Å²) >= 11 is 0. The molecule has 0 aliphatic carbocycles. The summed E-state index contributed by atoms with van der Waals surface area (Å²) in [5, 5.41) is 10.2. The summed E-state index contributed by atoms with van der Waals surface area (Å²) in [6, 6.07) is 47.2. The molecule has 2 heteroatoms. The fourth-order valence-corrected chi connectivity index (χ4v) is 5.12. The molecule has 0 unspecified atom stereocenters. The highest BCUT2D eigenvalue weighted by Crippen LogP contribution is 2.40. The third-order valence-corrected chi connectivity index (χ3v) is 6.78. The van der Waals surface area contributed by atoms with Crippen LogP contribution in [0.1, 0.15) is 0 Å². The molecule has 2 heterocycles. The van der Waals surface area contributed by atoms with Crippen LogP contribution in [0.4, 0.5) is 0 Å². The average molecular weight is 447 g/mol. The van der Waals surface area contributed by atoms with Gasteiger partial charge >= 0.3 is 0 Å². The Morgan fingerprint density at radius 1 is 0.457 bits per heavy atom. The molecule has 0 bridgehead atoms. The van der Waals surface area contributed by atoms with Gasteiger partial charge < -0.3 is 0 Å². The second kappa shape index (κ2) is 7.96. The van der Waals surface area contributed by atoms with Crippen molar-refractivity contribution in [1.29, 1.82) is 0 Å². The van der Waals surface area contributed by atoms with Crippen LogP contribution in [0.15, 0.2) is 133 Å². The monoisotopic (exact) mass is 446 g/mol. The fourth-order valence-electron chi connectivity index (χ4n) is 5.12. The van der Waals surface area contributed by atoms with Gasteiger partial charge in [0.1, 0.15) is 5.69 Å². The van der Waals surface area contributed by atoms with Crippen molar-refractivity contribution in [3.05, 3.63) is 133 Å². The molecule has 0 N–H and O–H groups in total. The van der Waals surface area contributed by atoms with Crippen LogP contribution in [0.5, 0.6) is 0 Å².